The van der Waals surface area contributed by atoms with Gasteiger partial charge in [0.25, 0.3) is 0 Å². The van der Waals surface area contributed by atoms with Crippen molar-refractivity contribution >= 4 is 44.9 Å². The van der Waals surface area contributed by atoms with Crippen molar-refractivity contribution in [3.05, 3.63) is 99.6 Å². The zero-order valence-electron chi connectivity index (χ0n) is 32.7. The molecule has 0 amide bonds. The second-order valence-electron chi connectivity index (χ2n) is 17.4. The lowest BCUT2D eigenvalue weighted by Crippen LogP contribution is -2.69. The number of ether oxygens (including phenoxy) is 2. The summed E-state index contributed by atoms with van der Waals surface area (Å²) in [6, 6.07) is 17.2. The van der Waals surface area contributed by atoms with Gasteiger partial charge in [-0.05, 0) is 113 Å². The van der Waals surface area contributed by atoms with E-state index in [-0.39, 0.29) is 30.9 Å². The Morgan fingerprint density at radius 3 is 1.88 bits per heavy atom. The topological polar surface area (TPSA) is 75.6 Å². The van der Waals surface area contributed by atoms with Gasteiger partial charge < -0.3 is 32.3 Å². The first-order valence-corrected chi connectivity index (χ1v) is 31.9. The first-order valence-electron chi connectivity index (χ1n) is 17.9. The van der Waals surface area contributed by atoms with Crippen molar-refractivity contribution in [2.24, 2.45) is 0 Å². The molecule has 1 fully saturated rings. The lowest BCUT2D eigenvalue weighted by molar-refractivity contribution is -0.348. The first kappa shape index (κ1) is 43.0. The van der Waals surface area contributed by atoms with Crippen LogP contribution < -0.4 is 4.74 Å². The van der Waals surface area contributed by atoms with Gasteiger partial charge in [0.1, 0.15) is 31.0 Å². The van der Waals surface area contributed by atoms with Crippen LogP contribution in [-0.4, -0.2) is 69.4 Å². The molecule has 288 valence electrons. The second-order valence-corrected chi connectivity index (χ2v) is 35.7. The van der Waals surface area contributed by atoms with Crippen LogP contribution in [0.4, 0.5) is 8.78 Å². The molecule has 7 nitrogen and oxygen atoms in total. The summed E-state index contributed by atoms with van der Waals surface area (Å²) in [7, 11) is -8.89. The van der Waals surface area contributed by atoms with Crippen molar-refractivity contribution in [3.8, 4) is 5.75 Å². The van der Waals surface area contributed by atoms with E-state index in [1.54, 1.807) is 18.2 Å². The van der Waals surface area contributed by atoms with Gasteiger partial charge in [-0.15, -0.1) is 0 Å². The van der Waals surface area contributed by atoms with E-state index >= 15 is 8.78 Å². The molecule has 0 spiro atoms. The minimum absolute atomic E-state index is 0.0532. The summed E-state index contributed by atoms with van der Waals surface area (Å²) in [4.78, 5) is 0. The summed E-state index contributed by atoms with van der Waals surface area (Å²) in [5.41, 5.74) is 1.74. The number of aliphatic hydroxyl groups is 1. The SMILES string of the molecule is C[Si](C)(C)OC[C@H]1O[C@@](O)(c2ccc(Cl)c(Cc3ccc(OCc4ccccc4)c(F)c3F)c2)[C@H](O[Si](C)(C)C)[C@@H](O[Si](C)(C)C)[C@@H]1O[Si](C)(C)C. The molecule has 1 aliphatic heterocycles. The normalized spacial score (nSPS) is 23.2. The van der Waals surface area contributed by atoms with E-state index in [0.29, 0.717) is 16.1 Å². The van der Waals surface area contributed by atoms with Crippen molar-refractivity contribution in [3.63, 3.8) is 0 Å². The van der Waals surface area contributed by atoms with Crippen LogP contribution in [0.15, 0.2) is 60.7 Å². The zero-order chi connectivity index (χ0) is 38.9. The summed E-state index contributed by atoms with van der Waals surface area (Å²) in [6.45, 7) is 25.3. The molecule has 0 radical (unpaired) electrons. The Hall–Kier alpha value is -1.76. The summed E-state index contributed by atoms with van der Waals surface area (Å²) >= 11 is 6.72. The van der Waals surface area contributed by atoms with Gasteiger partial charge in [-0.2, -0.15) is 4.39 Å². The van der Waals surface area contributed by atoms with E-state index in [4.69, 9.17) is 38.8 Å². The van der Waals surface area contributed by atoms with E-state index in [1.807, 2.05) is 50.0 Å². The zero-order valence-corrected chi connectivity index (χ0v) is 37.5. The van der Waals surface area contributed by atoms with Gasteiger partial charge in [0, 0.05) is 17.0 Å². The van der Waals surface area contributed by atoms with Crippen LogP contribution in [0.25, 0.3) is 0 Å². The minimum Gasteiger partial charge on any atom is -0.486 e. The molecule has 0 bridgehead atoms. The highest BCUT2D eigenvalue weighted by Crippen LogP contribution is 2.44. The lowest BCUT2D eigenvalue weighted by atomic mass is 9.87. The summed E-state index contributed by atoms with van der Waals surface area (Å²) in [6.07, 6.45) is -3.03. The highest BCUT2D eigenvalue weighted by molar-refractivity contribution is 6.71. The van der Waals surface area contributed by atoms with Crippen LogP contribution in [0.3, 0.4) is 0 Å². The third-order valence-corrected chi connectivity index (χ3v) is 12.4. The second kappa shape index (κ2) is 16.5. The van der Waals surface area contributed by atoms with E-state index in [1.165, 1.54) is 12.1 Å². The molecule has 0 saturated carbocycles. The van der Waals surface area contributed by atoms with Crippen LogP contribution in [0, 0.1) is 11.6 Å². The monoisotopic (exact) mass is 810 g/mol. The Kier molecular flexibility index (Phi) is 13.7. The van der Waals surface area contributed by atoms with Gasteiger partial charge >= 0.3 is 0 Å². The Bertz CT molecular complexity index is 1660. The Balaban J connectivity index is 1.78. The fourth-order valence-electron chi connectivity index (χ4n) is 5.97. The molecule has 3 aromatic rings. The number of halogens is 3. The van der Waals surface area contributed by atoms with E-state index < -0.39 is 75.1 Å². The van der Waals surface area contributed by atoms with Gasteiger partial charge in [-0.3, -0.25) is 0 Å². The maximum Gasteiger partial charge on any atom is 0.221 e. The molecular formula is C38H57ClF2O7Si4. The fourth-order valence-corrected chi connectivity index (χ4v) is 10.1. The van der Waals surface area contributed by atoms with Crippen molar-refractivity contribution in [2.45, 2.75) is 122 Å². The molecule has 5 atom stereocenters. The maximum absolute atomic E-state index is 15.6. The summed E-state index contributed by atoms with van der Waals surface area (Å²) in [5, 5.41) is 13.3. The Morgan fingerprint density at radius 2 is 1.31 bits per heavy atom. The van der Waals surface area contributed by atoms with Crippen LogP contribution >= 0.6 is 11.6 Å². The molecule has 52 heavy (non-hydrogen) atoms. The molecular weight excluding hydrogens is 754 g/mol. The highest BCUT2D eigenvalue weighted by atomic mass is 35.5. The predicted octanol–water partition coefficient (Wildman–Crippen LogP) is 9.84. The van der Waals surface area contributed by atoms with E-state index in [2.05, 4.69) is 58.9 Å². The molecule has 1 N–H and O–H groups in total. The van der Waals surface area contributed by atoms with E-state index in [9.17, 15) is 5.11 Å². The van der Waals surface area contributed by atoms with Crippen LogP contribution in [0.2, 0.25) is 83.6 Å². The maximum atomic E-state index is 15.6. The molecule has 0 aromatic heterocycles. The van der Waals surface area contributed by atoms with Gasteiger partial charge in [-0.25, -0.2) is 4.39 Å². The summed E-state index contributed by atoms with van der Waals surface area (Å²) < 4.78 is 70.3. The third kappa shape index (κ3) is 11.9. The van der Waals surface area contributed by atoms with Gasteiger partial charge in [0.2, 0.25) is 11.6 Å². The van der Waals surface area contributed by atoms with Gasteiger partial charge in [-0.1, -0.05) is 54.1 Å². The quantitative estimate of drug-likeness (QED) is 0.153. The third-order valence-electron chi connectivity index (χ3n) is 8.05. The summed E-state index contributed by atoms with van der Waals surface area (Å²) in [5.74, 6) is -4.33. The standard InChI is InChI=1S/C38H57ClF2O7Si4/c1-49(2,3)44-25-32-35(46-50(4,5)6)36(47-51(7,8)9)37(48-52(10,11)12)38(42,45-32)29-19-20-30(39)28(23-29)22-27-18-21-31(34(41)33(27)40)43-24-26-16-14-13-15-17-26/h13-21,23,32,35-37,42H,22,24-25H2,1-12H3/t32-,35-,36+,37-,38+/m1/s1. The number of benzene rings is 3. The number of rotatable bonds is 15. The molecule has 4 rings (SSSR count). The Morgan fingerprint density at radius 1 is 0.712 bits per heavy atom. The fraction of sp³-hybridized carbons (Fsp3) is 0.526. The highest BCUT2D eigenvalue weighted by Gasteiger charge is 2.59. The average Bonchev–Trinajstić information content (AvgIpc) is 3.01. The molecule has 1 aliphatic rings. The Labute approximate surface area is 318 Å². The van der Waals surface area contributed by atoms with Crippen LogP contribution in [-0.2, 0) is 41.3 Å². The number of hydrogen-bond acceptors (Lipinski definition) is 7. The van der Waals surface area contributed by atoms with Crippen molar-refractivity contribution < 1.29 is 41.1 Å². The molecule has 14 heteroatoms. The largest absolute Gasteiger partial charge is 0.486 e. The van der Waals surface area contributed by atoms with Crippen LogP contribution in [0.1, 0.15) is 22.3 Å². The molecule has 1 saturated heterocycles. The number of hydrogen-bond donors (Lipinski definition) is 1. The first-order chi connectivity index (χ1) is 23.9. The molecule has 3 aromatic carbocycles. The minimum atomic E-state index is -2.38. The molecule has 0 unspecified atom stereocenters. The average molecular weight is 812 g/mol. The van der Waals surface area contributed by atoms with Crippen molar-refractivity contribution in [1.82, 2.24) is 0 Å². The van der Waals surface area contributed by atoms with Gasteiger partial charge in [0.05, 0.1) is 6.61 Å². The lowest BCUT2D eigenvalue weighted by Gasteiger charge is -2.54. The van der Waals surface area contributed by atoms with Crippen LogP contribution in [0.5, 0.6) is 5.75 Å². The van der Waals surface area contributed by atoms with Gasteiger partial charge in [0.15, 0.2) is 44.8 Å². The van der Waals surface area contributed by atoms with Crippen molar-refractivity contribution in [1.29, 1.82) is 0 Å². The predicted molar refractivity (Wildman–Crippen MR) is 214 cm³/mol. The van der Waals surface area contributed by atoms with E-state index in [0.717, 1.165) is 5.56 Å². The molecule has 1 heterocycles. The smallest absolute Gasteiger partial charge is 0.221 e. The molecule has 0 aliphatic carbocycles. The van der Waals surface area contributed by atoms with Crippen molar-refractivity contribution in [2.75, 3.05) is 6.61 Å².